The van der Waals surface area contributed by atoms with Crippen LogP contribution >= 0.6 is 22.7 Å². The Balaban J connectivity index is 1.44. The van der Waals surface area contributed by atoms with Gasteiger partial charge in [0.05, 0.1) is 11.6 Å². The van der Waals surface area contributed by atoms with Crippen molar-refractivity contribution in [3.05, 3.63) is 65.0 Å². The van der Waals surface area contributed by atoms with Crippen LogP contribution < -0.4 is 4.72 Å². The Bertz CT molecular complexity index is 1180. The number of rotatable bonds is 6. The summed E-state index contributed by atoms with van der Waals surface area (Å²) in [5, 5.41) is 11.0. The third-order valence-electron chi connectivity index (χ3n) is 4.63. The van der Waals surface area contributed by atoms with Gasteiger partial charge in [0.15, 0.2) is 0 Å². The van der Waals surface area contributed by atoms with Gasteiger partial charge in [-0.05, 0) is 47.7 Å². The summed E-state index contributed by atoms with van der Waals surface area (Å²) in [6, 6.07) is 15.6. The van der Waals surface area contributed by atoms with Crippen molar-refractivity contribution >= 4 is 38.6 Å². The molecule has 0 unspecified atom stereocenters. The second kappa shape index (κ2) is 8.08. The van der Waals surface area contributed by atoms with E-state index in [4.69, 9.17) is 5.26 Å². The number of nitriles is 1. The lowest BCUT2D eigenvalue weighted by molar-refractivity contribution is -0.129. The molecule has 1 amide bonds. The predicted molar refractivity (Wildman–Crippen MR) is 113 cm³/mol. The molecule has 1 N–H and O–H groups in total. The topological polar surface area (TPSA) is 90.3 Å². The van der Waals surface area contributed by atoms with Crippen LogP contribution in [0.25, 0.3) is 9.75 Å². The maximum atomic E-state index is 12.8. The molecule has 1 aromatic carbocycles. The van der Waals surface area contributed by atoms with Crippen molar-refractivity contribution < 1.29 is 13.2 Å². The molecule has 1 fully saturated rings. The summed E-state index contributed by atoms with van der Waals surface area (Å²) in [5.74, 6) is -0.244. The molecular formula is C20H17N3O3S3. The van der Waals surface area contributed by atoms with Gasteiger partial charge in [-0.25, -0.2) is 8.42 Å². The lowest BCUT2D eigenvalue weighted by atomic mass is 10.1. The highest BCUT2D eigenvalue weighted by Crippen LogP contribution is 2.33. The average Bonchev–Trinajstić information content (AvgIpc) is 3.46. The van der Waals surface area contributed by atoms with Gasteiger partial charge in [-0.1, -0.05) is 18.2 Å². The third kappa shape index (κ3) is 4.26. The van der Waals surface area contributed by atoms with E-state index >= 15 is 0 Å². The van der Waals surface area contributed by atoms with Crippen molar-refractivity contribution in [2.24, 2.45) is 0 Å². The fraction of sp³-hybridized carbons (Fsp3) is 0.200. The first-order valence-corrected chi connectivity index (χ1v) is 12.1. The standard InChI is InChI=1S/C20H17N3O3S3/c21-12-14-3-1-4-15(11-14)13-23-9-8-16(20(23)24)22-29(25,26)19-7-6-18(28-19)17-5-2-10-27-17/h1-7,10-11,16,22H,8-9,13H2/t16-/m0/s1. The quantitative estimate of drug-likeness (QED) is 0.632. The number of benzene rings is 1. The number of nitrogens with one attached hydrogen (secondary N) is 1. The molecule has 0 radical (unpaired) electrons. The zero-order valence-electron chi connectivity index (χ0n) is 15.2. The molecule has 1 saturated heterocycles. The van der Waals surface area contributed by atoms with E-state index in [9.17, 15) is 13.2 Å². The molecule has 2 aromatic heterocycles. The number of likely N-dealkylation sites (tertiary alicyclic amines) is 1. The van der Waals surface area contributed by atoms with Crippen molar-refractivity contribution in [2.45, 2.75) is 23.2 Å². The summed E-state index contributed by atoms with van der Waals surface area (Å²) < 4.78 is 28.3. The number of hydrogen-bond acceptors (Lipinski definition) is 6. The van der Waals surface area contributed by atoms with Crippen LogP contribution in [0.15, 0.2) is 58.1 Å². The molecule has 29 heavy (non-hydrogen) atoms. The SMILES string of the molecule is N#Cc1cccc(CN2CC[C@H](NS(=O)(=O)c3ccc(-c4cccs4)s3)C2=O)c1. The highest BCUT2D eigenvalue weighted by molar-refractivity contribution is 7.91. The molecule has 9 heteroatoms. The molecule has 1 aliphatic rings. The normalized spacial score (nSPS) is 16.9. The van der Waals surface area contributed by atoms with Crippen LogP contribution in [0.2, 0.25) is 0 Å². The van der Waals surface area contributed by atoms with E-state index < -0.39 is 16.1 Å². The maximum Gasteiger partial charge on any atom is 0.250 e. The molecule has 3 aromatic rings. The van der Waals surface area contributed by atoms with E-state index in [0.717, 1.165) is 15.3 Å². The van der Waals surface area contributed by atoms with Crippen LogP contribution in [0.1, 0.15) is 17.5 Å². The molecule has 0 bridgehead atoms. The Labute approximate surface area is 177 Å². The molecule has 0 spiro atoms. The fourth-order valence-electron chi connectivity index (χ4n) is 3.23. The molecular weight excluding hydrogens is 426 g/mol. The first-order valence-electron chi connectivity index (χ1n) is 8.90. The Hall–Kier alpha value is -2.51. The highest BCUT2D eigenvalue weighted by atomic mass is 32.2. The zero-order chi connectivity index (χ0) is 20.4. The van der Waals surface area contributed by atoms with Gasteiger partial charge in [0.1, 0.15) is 10.3 Å². The smallest absolute Gasteiger partial charge is 0.250 e. The van der Waals surface area contributed by atoms with Gasteiger partial charge >= 0.3 is 0 Å². The van der Waals surface area contributed by atoms with Crippen LogP contribution in [-0.2, 0) is 21.4 Å². The molecule has 148 valence electrons. The highest BCUT2D eigenvalue weighted by Gasteiger charge is 2.35. The van der Waals surface area contributed by atoms with Crippen molar-refractivity contribution in [3.8, 4) is 15.8 Å². The first-order chi connectivity index (χ1) is 14.0. The monoisotopic (exact) mass is 443 g/mol. The van der Waals surface area contributed by atoms with E-state index in [1.54, 1.807) is 46.6 Å². The summed E-state index contributed by atoms with van der Waals surface area (Å²) >= 11 is 2.75. The Morgan fingerprint density at radius 1 is 1.17 bits per heavy atom. The van der Waals surface area contributed by atoms with Gasteiger partial charge in [-0.15, -0.1) is 22.7 Å². The number of hydrogen-bond donors (Lipinski definition) is 1. The first kappa shape index (κ1) is 19.8. The van der Waals surface area contributed by atoms with Crippen LogP contribution in [0.3, 0.4) is 0 Å². The van der Waals surface area contributed by atoms with Gasteiger partial charge in [-0.3, -0.25) is 4.79 Å². The van der Waals surface area contributed by atoms with E-state index in [1.807, 2.05) is 23.6 Å². The fourth-order valence-corrected chi connectivity index (χ4v) is 6.61. The molecule has 0 saturated carbocycles. The second-order valence-corrected chi connectivity index (χ2v) is 10.6. The van der Waals surface area contributed by atoms with Crippen molar-refractivity contribution in [1.82, 2.24) is 9.62 Å². The molecule has 0 aliphatic carbocycles. The van der Waals surface area contributed by atoms with Crippen molar-refractivity contribution in [1.29, 1.82) is 5.26 Å². The lowest BCUT2D eigenvalue weighted by Crippen LogP contribution is -2.41. The minimum Gasteiger partial charge on any atom is -0.337 e. The Morgan fingerprint density at radius 3 is 2.79 bits per heavy atom. The second-order valence-electron chi connectivity index (χ2n) is 6.63. The van der Waals surface area contributed by atoms with Crippen LogP contribution in [-0.4, -0.2) is 31.8 Å². The maximum absolute atomic E-state index is 12.8. The van der Waals surface area contributed by atoms with Gasteiger partial charge in [0, 0.05) is 22.8 Å². The van der Waals surface area contributed by atoms with E-state index in [-0.39, 0.29) is 10.1 Å². The van der Waals surface area contributed by atoms with Crippen LogP contribution in [0, 0.1) is 11.3 Å². The van der Waals surface area contributed by atoms with Gasteiger partial charge in [0.2, 0.25) is 5.91 Å². The van der Waals surface area contributed by atoms with Crippen molar-refractivity contribution in [2.75, 3.05) is 6.54 Å². The summed E-state index contributed by atoms with van der Waals surface area (Å²) in [5.41, 5.74) is 1.38. The number of carbonyl (C=O) groups excluding carboxylic acids is 1. The number of thiophene rings is 2. The summed E-state index contributed by atoms with van der Waals surface area (Å²) in [7, 11) is -3.77. The number of sulfonamides is 1. The van der Waals surface area contributed by atoms with E-state index in [0.29, 0.717) is 25.1 Å². The average molecular weight is 444 g/mol. The zero-order valence-corrected chi connectivity index (χ0v) is 17.7. The molecule has 1 atom stereocenters. The Morgan fingerprint density at radius 2 is 2.03 bits per heavy atom. The number of amides is 1. The van der Waals surface area contributed by atoms with Gasteiger partial charge < -0.3 is 4.90 Å². The van der Waals surface area contributed by atoms with Crippen molar-refractivity contribution in [3.63, 3.8) is 0 Å². The van der Waals surface area contributed by atoms with Crippen LogP contribution in [0.4, 0.5) is 0 Å². The lowest BCUT2D eigenvalue weighted by Gasteiger charge is -2.17. The van der Waals surface area contributed by atoms with Crippen LogP contribution in [0.5, 0.6) is 0 Å². The largest absolute Gasteiger partial charge is 0.337 e. The molecule has 4 rings (SSSR count). The summed E-state index contributed by atoms with van der Waals surface area (Å²) in [4.78, 5) is 16.2. The molecule has 3 heterocycles. The third-order valence-corrected chi connectivity index (χ3v) is 8.75. The molecule has 1 aliphatic heterocycles. The Kier molecular flexibility index (Phi) is 5.52. The predicted octanol–water partition coefficient (Wildman–Crippen LogP) is 3.43. The van der Waals surface area contributed by atoms with E-state index in [1.165, 1.54) is 11.3 Å². The minimum absolute atomic E-state index is 0.203. The number of carbonyl (C=O) groups is 1. The van der Waals surface area contributed by atoms with Gasteiger partial charge in [-0.2, -0.15) is 9.98 Å². The molecule has 6 nitrogen and oxygen atoms in total. The minimum atomic E-state index is -3.77. The number of nitrogens with zero attached hydrogens (tertiary/aromatic N) is 2. The van der Waals surface area contributed by atoms with E-state index in [2.05, 4.69) is 10.8 Å². The summed E-state index contributed by atoms with van der Waals surface area (Å²) in [6.07, 6.45) is 0.416. The summed E-state index contributed by atoms with van der Waals surface area (Å²) in [6.45, 7) is 0.821. The van der Waals surface area contributed by atoms with Gasteiger partial charge in [0.25, 0.3) is 10.0 Å².